The van der Waals surface area contributed by atoms with Gasteiger partial charge in [0.15, 0.2) is 5.78 Å². The van der Waals surface area contributed by atoms with Gasteiger partial charge in [-0.2, -0.15) is 13.2 Å². The molecule has 0 aliphatic carbocycles. The van der Waals surface area contributed by atoms with Gasteiger partial charge in [-0.15, -0.1) is 11.3 Å². The van der Waals surface area contributed by atoms with E-state index in [2.05, 4.69) is 0 Å². The highest BCUT2D eigenvalue weighted by molar-refractivity contribution is 14.1. The lowest BCUT2D eigenvalue weighted by atomic mass is 10.0. The molecule has 1 aromatic carbocycles. The van der Waals surface area contributed by atoms with Crippen molar-refractivity contribution in [3.8, 4) is 0 Å². The van der Waals surface area contributed by atoms with Crippen molar-refractivity contribution in [2.24, 2.45) is 0 Å². The number of carbonyl (C=O) groups excluding carboxylic acids is 1. The quantitative estimate of drug-likeness (QED) is 0.405. The van der Waals surface area contributed by atoms with Crippen molar-refractivity contribution in [2.45, 2.75) is 6.18 Å². The van der Waals surface area contributed by atoms with Gasteiger partial charge in [-0.25, -0.2) is 4.39 Å². The summed E-state index contributed by atoms with van der Waals surface area (Å²) < 4.78 is 51.4. The van der Waals surface area contributed by atoms with Crippen LogP contribution in [0.15, 0.2) is 29.6 Å². The molecule has 0 amide bonds. The minimum absolute atomic E-state index is 0.0975. The van der Waals surface area contributed by atoms with Gasteiger partial charge >= 0.3 is 6.18 Å². The van der Waals surface area contributed by atoms with Crippen molar-refractivity contribution in [2.75, 3.05) is 0 Å². The normalized spacial score (nSPS) is 11.6. The van der Waals surface area contributed by atoms with Crippen LogP contribution in [0.2, 0.25) is 0 Å². The first kappa shape index (κ1) is 14.4. The van der Waals surface area contributed by atoms with Gasteiger partial charge in [0, 0.05) is 16.5 Å². The number of halogens is 5. The Balaban J connectivity index is 2.38. The van der Waals surface area contributed by atoms with Gasteiger partial charge in [0.2, 0.25) is 0 Å². The van der Waals surface area contributed by atoms with Crippen LogP contribution < -0.4 is 0 Å². The second-order valence-corrected chi connectivity index (χ2v) is 6.47. The van der Waals surface area contributed by atoms with Crippen LogP contribution in [0, 0.1) is 8.70 Å². The fourth-order valence-corrected chi connectivity index (χ4v) is 2.81. The van der Waals surface area contributed by atoms with Gasteiger partial charge in [0.25, 0.3) is 0 Å². The molecule has 0 saturated carbocycles. The molecule has 1 nitrogen and oxygen atoms in total. The first-order valence-electron chi connectivity index (χ1n) is 4.94. The average Bonchev–Trinajstić information content (AvgIpc) is 2.73. The number of carbonyl (C=O) groups is 1. The molecule has 0 radical (unpaired) electrons. The Bertz CT molecular complexity index is 633. The molecule has 19 heavy (non-hydrogen) atoms. The zero-order valence-electron chi connectivity index (χ0n) is 9.09. The highest BCUT2D eigenvalue weighted by Gasteiger charge is 2.34. The molecule has 1 aromatic heterocycles. The van der Waals surface area contributed by atoms with Crippen molar-refractivity contribution >= 4 is 39.7 Å². The molecule has 0 atom stereocenters. The highest BCUT2D eigenvalue weighted by Crippen LogP contribution is 2.32. The number of thiophene rings is 1. The van der Waals surface area contributed by atoms with Gasteiger partial charge in [-0.1, -0.05) is 6.07 Å². The van der Waals surface area contributed by atoms with E-state index in [-0.39, 0.29) is 5.56 Å². The molecular formula is C12H5F4IOS. The zero-order valence-corrected chi connectivity index (χ0v) is 12.1. The predicted octanol–water partition coefficient (Wildman–Crippen LogP) is 4.74. The zero-order chi connectivity index (χ0) is 14.2. The van der Waals surface area contributed by atoms with Crippen LogP contribution in [-0.2, 0) is 6.18 Å². The fraction of sp³-hybridized carbons (Fsp3) is 0.0833. The summed E-state index contributed by atoms with van der Waals surface area (Å²) in [6.45, 7) is 0. The van der Waals surface area contributed by atoms with Crippen LogP contribution in [-0.4, -0.2) is 5.78 Å². The topological polar surface area (TPSA) is 17.1 Å². The Morgan fingerprint density at radius 1 is 1.16 bits per heavy atom. The van der Waals surface area contributed by atoms with Crippen LogP contribution in [0.25, 0.3) is 0 Å². The van der Waals surface area contributed by atoms with E-state index in [1.54, 1.807) is 11.4 Å². The van der Waals surface area contributed by atoms with Crippen molar-refractivity contribution < 1.29 is 22.4 Å². The third kappa shape index (κ3) is 3.14. The Morgan fingerprint density at radius 2 is 1.84 bits per heavy atom. The molecule has 2 rings (SSSR count). The average molecular weight is 400 g/mol. The summed E-state index contributed by atoms with van der Waals surface area (Å²) in [5.41, 5.74) is -1.13. The highest BCUT2D eigenvalue weighted by atomic mass is 127. The molecule has 0 fully saturated rings. The number of ketones is 1. The number of hydrogen-bond donors (Lipinski definition) is 0. The molecule has 100 valence electrons. The third-order valence-electron chi connectivity index (χ3n) is 2.37. The van der Waals surface area contributed by atoms with Gasteiger partial charge in [0.1, 0.15) is 5.82 Å². The summed E-state index contributed by atoms with van der Waals surface area (Å²) in [5.74, 6) is -1.94. The maximum Gasteiger partial charge on any atom is 0.419 e. The van der Waals surface area contributed by atoms with Crippen molar-refractivity contribution in [1.82, 2.24) is 0 Å². The van der Waals surface area contributed by atoms with Gasteiger partial charge < -0.3 is 0 Å². The summed E-state index contributed by atoms with van der Waals surface area (Å²) in [6, 6.07) is 3.79. The van der Waals surface area contributed by atoms with Crippen LogP contribution >= 0.6 is 33.9 Å². The minimum Gasteiger partial charge on any atom is -0.289 e. The number of rotatable bonds is 2. The van der Waals surface area contributed by atoms with E-state index in [1.807, 2.05) is 22.6 Å². The summed E-state index contributed by atoms with van der Waals surface area (Å²) in [7, 11) is 0. The monoisotopic (exact) mass is 400 g/mol. The minimum atomic E-state index is -4.76. The van der Waals surface area contributed by atoms with E-state index in [0.29, 0.717) is 17.7 Å². The molecule has 0 saturated heterocycles. The third-order valence-corrected chi connectivity index (χ3v) is 4.16. The first-order valence-corrected chi connectivity index (χ1v) is 6.90. The van der Waals surface area contributed by atoms with Gasteiger partial charge in [-0.3, -0.25) is 4.79 Å². The van der Waals surface area contributed by atoms with Gasteiger partial charge in [-0.05, 0) is 40.8 Å². The second-order valence-electron chi connectivity index (χ2n) is 3.66. The summed E-state index contributed by atoms with van der Waals surface area (Å²) in [5, 5.41) is 1.58. The lowest BCUT2D eigenvalue weighted by Crippen LogP contribution is -2.09. The Labute approximate surface area is 123 Å². The molecule has 0 bridgehead atoms. The van der Waals surface area contributed by atoms with E-state index in [4.69, 9.17) is 0 Å². The molecule has 2 aromatic rings. The smallest absolute Gasteiger partial charge is 0.289 e. The number of alkyl halides is 3. The molecule has 0 spiro atoms. The Kier molecular flexibility index (Phi) is 3.95. The van der Waals surface area contributed by atoms with E-state index in [9.17, 15) is 22.4 Å². The summed E-state index contributed by atoms with van der Waals surface area (Å²) in [6.07, 6.45) is -4.76. The molecule has 7 heteroatoms. The molecule has 1 heterocycles. The standard InChI is InChI=1S/C12H5F4IOS/c13-9-3-6(1-2-8(9)12(14,15)16)11(18)7-4-10(17)19-5-7/h1-5H. The Hall–Kier alpha value is -0.960. The molecule has 0 unspecified atom stereocenters. The maximum absolute atomic E-state index is 13.4. The van der Waals surface area contributed by atoms with E-state index >= 15 is 0 Å². The first-order chi connectivity index (χ1) is 8.79. The van der Waals surface area contributed by atoms with Crippen LogP contribution in [0.5, 0.6) is 0 Å². The lowest BCUT2D eigenvalue weighted by Gasteiger charge is -2.08. The lowest BCUT2D eigenvalue weighted by molar-refractivity contribution is -0.140. The molecular weight excluding hydrogens is 395 g/mol. The van der Waals surface area contributed by atoms with E-state index in [1.165, 1.54) is 11.3 Å². The van der Waals surface area contributed by atoms with Crippen molar-refractivity contribution in [3.63, 3.8) is 0 Å². The fourth-order valence-electron chi connectivity index (χ4n) is 1.48. The maximum atomic E-state index is 13.4. The summed E-state index contributed by atoms with van der Waals surface area (Å²) >= 11 is 3.35. The van der Waals surface area contributed by atoms with Crippen LogP contribution in [0.1, 0.15) is 21.5 Å². The molecule has 0 aliphatic rings. The molecule has 0 aliphatic heterocycles. The SMILES string of the molecule is O=C(c1csc(I)c1)c1ccc(C(F)(F)F)c(F)c1. The number of hydrogen-bond acceptors (Lipinski definition) is 2. The van der Waals surface area contributed by atoms with Crippen LogP contribution in [0.3, 0.4) is 0 Å². The van der Waals surface area contributed by atoms with Gasteiger partial charge in [0.05, 0.1) is 8.45 Å². The van der Waals surface area contributed by atoms with E-state index < -0.39 is 23.3 Å². The summed E-state index contributed by atoms with van der Waals surface area (Å²) in [4.78, 5) is 11.9. The molecule has 0 N–H and O–H groups in total. The Morgan fingerprint density at radius 3 is 2.32 bits per heavy atom. The largest absolute Gasteiger partial charge is 0.419 e. The van der Waals surface area contributed by atoms with Crippen molar-refractivity contribution in [3.05, 3.63) is 55.0 Å². The predicted molar refractivity (Wildman–Crippen MR) is 71.9 cm³/mol. The second kappa shape index (κ2) is 5.20. The van der Waals surface area contributed by atoms with Crippen LogP contribution in [0.4, 0.5) is 17.6 Å². The van der Waals surface area contributed by atoms with E-state index in [0.717, 1.165) is 8.95 Å². The number of benzene rings is 1. The van der Waals surface area contributed by atoms with Crippen molar-refractivity contribution in [1.29, 1.82) is 0 Å².